The zero-order valence-corrected chi connectivity index (χ0v) is 11.3. The summed E-state index contributed by atoms with van der Waals surface area (Å²) in [5.74, 6) is 0.316. The zero-order valence-electron chi connectivity index (χ0n) is 10.5. The highest BCUT2D eigenvalue weighted by Crippen LogP contribution is 2.36. The van der Waals surface area contributed by atoms with Gasteiger partial charge in [-0.3, -0.25) is 0 Å². The van der Waals surface area contributed by atoms with Crippen LogP contribution in [0, 0.1) is 5.41 Å². The number of nitrogens with one attached hydrogen (secondary N) is 1. The maximum Gasteiger partial charge on any atom is 0.242 e. The number of nitrogens with two attached hydrogens (primary N) is 1. The molecular weight excluding hydrogens is 250 g/mol. The number of sulfonamides is 1. The Labute approximate surface area is 108 Å². The van der Waals surface area contributed by atoms with Crippen molar-refractivity contribution in [1.82, 2.24) is 9.71 Å². The van der Waals surface area contributed by atoms with Crippen molar-refractivity contribution < 1.29 is 8.42 Å². The highest BCUT2D eigenvalue weighted by Gasteiger charge is 2.30. The third kappa shape index (κ3) is 3.00. The monoisotopic (exact) mass is 269 g/mol. The van der Waals surface area contributed by atoms with Gasteiger partial charge in [-0.05, 0) is 30.4 Å². The molecule has 1 fully saturated rings. The predicted octanol–water partition coefficient (Wildman–Crippen LogP) is 1.52. The molecule has 5 nitrogen and oxygen atoms in total. The third-order valence-electron chi connectivity index (χ3n) is 3.57. The van der Waals surface area contributed by atoms with Crippen molar-refractivity contribution in [2.75, 3.05) is 12.3 Å². The van der Waals surface area contributed by atoms with Crippen LogP contribution in [0.4, 0.5) is 5.82 Å². The van der Waals surface area contributed by atoms with Crippen molar-refractivity contribution in [3.05, 3.63) is 18.3 Å². The summed E-state index contributed by atoms with van der Waals surface area (Å²) in [5, 5.41) is 0. The fourth-order valence-electron chi connectivity index (χ4n) is 2.31. The number of hydrogen-bond donors (Lipinski definition) is 2. The first-order valence-corrected chi connectivity index (χ1v) is 7.61. The lowest BCUT2D eigenvalue weighted by molar-refractivity contribution is 0.336. The van der Waals surface area contributed by atoms with Gasteiger partial charge in [0.05, 0.1) is 0 Å². The lowest BCUT2D eigenvalue weighted by atomic mass is 9.89. The summed E-state index contributed by atoms with van der Waals surface area (Å²) in [7, 11) is -3.47. The van der Waals surface area contributed by atoms with Crippen LogP contribution in [-0.4, -0.2) is 19.9 Å². The van der Waals surface area contributed by atoms with E-state index in [2.05, 4.69) is 16.6 Å². The molecule has 1 aromatic rings. The van der Waals surface area contributed by atoms with Crippen molar-refractivity contribution in [1.29, 1.82) is 0 Å². The average Bonchev–Trinajstić information content (AvgIpc) is 2.75. The molecule has 1 aromatic heterocycles. The second kappa shape index (κ2) is 4.85. The molecule has 0 spiro atoms. The Kier molecular flexibility index (Phi) is 3.59. The number of aromatic nitrogens is 1. The highest BCUT2D eigenvalue weighted by atomic mass is 32.2. The molecule has 0 saturated heterocycles. The highest BCUT2D eigenvalue weighted by molar-refractivity contribution is 7.89. The van der Waals surface area contributed by atoms with Crippen molar-refractivity contribution in [3.8, 4) is 0 Å². The number of pyridine rings is 1. The van der Waals surface area contributed by atoms with Gasteiger partial charge in [0, 0.05) is 12.7 Å². The maximum absolute atomic E-state index is 12.1. The molecule has 1 saturated carbocycles. The van der Waals surface area contributed by atoms with Crippen molar-refractivity contribution in [3.63, 3.8) is 0 Å². The van der Waals surface area contributed by atoms with Crippen LogP contribution in [0.1, 0.15) is 32.6 Å². The van der Waals surface area contributed by atoms with Gasteiger partial charge in [-0.2, -0.15) is 0 Å². The van der Waals surface area contributed by atoms with E-state index in [-0.39, 0.29) is 10.3 Å². The Bertz CT molecular complexity index is 505. The minimum atomic E-state index is -3.47. The van der Waals surface area contributed by atoms with E-state index in [1.54, 1.807) is 0 Å². The Morgan fingerprint density at radius 1 is 1.39 bits per heavy atom. The summed E-state index contributed by atoms with van der Waals surface area (Å²) >= 11 is 0. The lowest BCUT2D eigenvalue weighted by Gasteiger charge is -2.23. The average molecular weight is 269 g/mol. The maximum atomic E-state index is 12.1. The van der Waals surface area contributed by atoms with E-state index in [4.69, 9.17) is 5.73 Å². The molecule has 0 bridgehead atoms. The normalized spacial score (nSPS) is 18.9. The minimum absolute atomic E-state index is 0.0916. The Balaban J connectivity index is 2.05. The van der Waals surface area contributed by atoms with Crippen LogP contribution in [0.15, 0.2) is 23.2 Å². The van der Waals surface area contributed by atoms with Gasteiger partial charge in [0.15, 0.2) is 0 Å². The van der Waals surface area contributed by atoms with E-state index < -0.39 is 10.0 Å². The lowest BCUT2D eigenvalue weighted by Crippen LogP contribution is -2.34. The number of nitrogen functional groups attached to an aromatic ring is 1. The quantitative estimate of drug-likeness (QED) is 0.868. The molecule has 0 atom stereocenters. The van der Waals surface area contributed by atoms with E-state index in [1.165, 1.54) is 31.2 Å². The van der Waals surface area contributed by atoms with E-state index in [0.29, 0.717) is 12.4 Å². The molecule has 0 radical (unpaired) electrons. The second-order valence-corrected chi connectivity index (χ2v) is 7.03. The van der Waals surface area contributed by atoms with Crippen LogP contribution >= 0.6 is 0 Å². The van der Waals surface area contributed by atoms with Crippen LogP contribution in [0.3, 0.4) is 0 Å². The first-order valence-electron chi connectivity index (χ1n) is 6.13. The van der Waals surface area contributed by atoms with Crippen molar-refractivity contribution in [2.24, 2.45) is 5.41 Å². The van der Waals surface area contributed by atoms with Crippen molar-refractivity contribution in [2.45, 2.75) is 37.5 Å². The Morgan fingerprint density at radius 2 is 2.06 bits per heavy atom. The fraction of sp³-hybridized carbons (Fsp3) is 0.583. The standard InChI is InChI=1S/C12H19N3O2S/c1-12(6-2-3-7-12)9-15-18(16,17)10-4-5-11(13)14-8-10/h4-5,8,15H,2-3,6-7,9H2,1H3,(H2,13,14). The minimum Gasteiger partial charge on any atom is -0.384 e. The molecular formula is C12H19N3O2S. The van der Waals surface area contributed by atoms with Crippen LogP contribution in [0.25, 0.3) is 0 Å². The number of anilines is 1. The Morgan fingerprint density at radius 3 is 2.61 bits per heavy atom. The molecule has 0 amide bonds. The van der Waals surface area contributed by atoms with Gasteiger partial charge in [0.2, 0.25) is 10.0 Å². The van der Waals surface area contributed by atoms with Gasteiger partial charge in [0.25, 0.3) is 0 Å². The molecule has 18 heavy (non-hydrogen) atoms. The molecule has 3 N–H and O–H groups in total. The fourth-order valence-corrected chi connectivity index (χ4v) is 3.45. The van der Waals surface area contributed by atoms with Crippen LogP contribution in [-0.2, 0) is 10.0 Å². The molecule has 1 aliphatic carbocycles. The van der Waals surface area contributed by atoms with E-state index >= 15 is 0 Å². The van der Waals surface area contributed by atoms with E-state index in [0.717, 1.165) is 12.8 Å². The van der Waals surface area contributed by atoms with E-state index in [1.807, 2.05) is 0 Å². The summed E-state index contributed by atoms with van der Waals surface area (Å²) < 4.78 is 26.8. The van der Waals surface area contributed by atoms with Gasteiger partial charge in [-0.25, -0.2) is 18.1 Å². The van der Waals surface area contributed by atoms with Gasteiger partial charge in [-0.1, -0.05) is 19.8 Å². The first-order chi connectivity index (χ1) is 8.41. The van der Waals surface area contributed by atoms with E-state index in [9.17, 15) is 8.42 Å². The Hall–Kier alpha value is -1.14. The molecule has 0 unspecified atom stereocenters. The molecule has 1 aliphatic rings. The first kappa shape index (κ1) is 13.3. The molecule has 2 rings (SSSR count). The van der Waals surface area contributed by atoms with Gasteiger partial charge in [0.1, 0.15) is 10.7 Å². The van der Waals surface area contributed by atoms with Gasteiger partial charge >= 0.3 is 0 Å². The second-order valence-electron chi connectivity index (χ2n) is 5.26. The van der Waals surface area contributed by atoms with Gasteiger partial charge in [-0.15, -0.1) is 0 Å². The SMILES string of the molecule is CC1(CNS(=O)(=O)c2ccc(N)nc2)CCCC1. The summed E-state index contributed by atoms with van der Waals surface area (Å²) in [6.45, 7) is 2.61. The van der Waals surface area contributed by atoms with Crippen LogP contribution < -0.4 is 10.5 Å². The number of hydrogen-bond acceptors (Lipinski definition) is 4. The smallest absolute Gasteiger partial charge is 0.242 e. The topological polar surface area (TPSA) is 85.1 Å². The molecule has 6 heteroatoms. The molecule has 100 valence electrons. The summed E-state index contributed by atoms with van der Waals surface area (Å²) in [6, 6.07) is 2.97. The molecule has 0 aromatic carbocycles. The largest absolute Gasteiger partial charge is 0.384 e. The van der Waals surface area contributed by atoms with Crippen LogP contribution in [0.2, 0.25) is 0 Å². The summed E-state index contributed by atoms with van der Waals surface area (Å²) in [5.41, 5.74) is 5.53. The zero-order chi connectivity index (χ0) is 13.2. The number of nitrogens with zero attached hydrogens (tertiary/aromatic N) is 1. The van der Waals surface area contributed by atoms with Crippen LogP contribution in [0.5, 0.6) is 0 Å². The molecule has 0 aliphatic heterocycles. The predicted molar refractivity (Wildman–Crippen MR) is 70.4 cm³/mol. The molecule has 1 heterocycles. The third-order valence-corrected chi connectivity index (χ3v) is 4.96. The van der Waals surface area contributed by atoms with Gasteiger partial charge < -0.3 is 5.73 Å². The summed E-state index contributed by atoms with van der Waals surface area (Å²) in [6.07, 6.45) is 5.81. The summed E-state index contributed by atoms with van der Waals surface area (Å²) in [4.78, 5) is 3.97. The van der Waals surface area contributed by atoms with Crippen molar-refractivity contribution >= 4 is 15.8 Å². The number of rotatable bonds is 4.